The molecule has 0 aliphatic carbocycles. The van der Waals surface area contributed by atoms with E-state index in [9.17, 15) is 19.5 Å². The van der Waals surface area contributed by atoms with Crippen LogP contribution in [-0.4, -0.2) is 50.0 Å². The van der Waals surface area contributed by atoms with E-state index in [2.05, 4.69) is 5.32 Å². The molecule has 2 unspecified atom stereocenters. The predicted molar refractivity (Wildman–Crippen MR) is 89.0 cm³/mol. The fourth-order valence-electron chi connectivity index (χ4n) is 3.20. The largest absolute Gasteiger partial charge is 0.480 e. The van der Waals surface area contributed by atoms with Gasteiger partial charge in [-0.2, -0.15) is 0 Å². The van der Waals surface area contributed by atoms with Crippen LogP contribution >= 0.6 is 11.8 Å². The number of carboxylic acid groups (broad SMARTS) is 1. The summed E-state index contributed by atoms with van der Waals surface area (Å²) in [6.45, 7) is 3.58. The molecule has 0 spiro atoms. The van der Waals surface area contributed by atoms with E-state index in [1.54, 1.807) is 38.1 Å². The smallest absolute Gasteiger partial charge is 0.327 e. The summed E-state index contributed by atoms with van der Waals surface area (Å²) in [5.74, 6) is -1.86. The number of rotatable bonds is 4. The average Bonchev–Trinajstić information content (AvgIpc) is 2.80. The van der Waals surface area contributed by atoms with E-state index < -0.39 is 34.7 Å². The molecule has 4 atom stereocenters. The van der Waals surface area contributed by atoms with Crippen molar-refractivity contribution in [2.75, 3.05) is 0 Å². The number of carboxylic acids is 1. The SMILES string of the molecule is CC1(C)SC2C(NC(=O)[C@H](N)c3ccccc3)C(=O)N2[C@H]1C(=O)O. The minimum atomic E-state index is -1.03. The molecule has 24 heavy (non-hydrogen) atoms. The molecule has 2 saturated heterocycles. The Balaban J connectivity index is 1.71. The number of nitrogens with zero attached hydrogens (tertiary/aromatic N) is 1. The standard InChI is InChI=1S/C16H19N3O4S/c1-16(2)11(15(22)23)19-13(21)10(14(19)24-16)18-12(20)9(17)8-6-4-3-5-7-8/h3-7,9-11,14H,17H2,1-2H3,(H,18,20)(H,22,23)/t9-,10?,11+,14?/m1/s1. The van der Waals surface area contributed by atoms with Crippen LogP contribution in [0.3, 0.4) is 0 Å². The summed E-state index contributed by atoms with van der Waals surface area (Å²) >= 11 is 1.38. The van der Waals surface area contributed by atoms with E-state index >= 15 is 0 Å². The average molecular weight is 349 g/mol. The second-order valence-electron chi connectivity index (χ2n) is 6.47. The quantitative estimate of drug-likeness (QED) is 0.675. The highest BCUT2D eigenvalue weighted by Crippen LogP contribution is 2.50. The first-order valence-electron chi connectivity index (χ1n) is 7.58. The van der Waals surface area contributed by atoms with Gasteiger partial charge in [0.05, 0.1) is 0 Å². The molecule has 4 N–H and O–H groups in total. The van der Waals surface area contributed by atoms with E-state index in [0.717, 1.165) is 0 Å². The van der Waals surface area contributed by atoms with Crippen molar-refractivity contribution in [2.45, 2.75) is 42.1 Å². The Morgan fingerprint density at radius 1 is 1.33 bits per heavy atom. The number of carbonyl (C=O) groups is 3. The molecule has 2 aliphatic heterocycles. The molecule has 0 radical (unpaired) electrons. The minimum absolute atomic E-state index is 0.375. The zero-order chi connectivity index (χ0) is 17.6. The van der Waals surface area contributed by atoms with Crippen molar-refractivity contribution in [3.63, 3.8) is 0 Å². The molecule has 7 nitrogen and oxygen atoms in total. The van der Waals surface area contributed by atoms with Gasteiger partial charge >= 0.3 is 5.97 Å². The van der Waals surface area contributed by atoms with E-state index in [4.69, 9.17) is 5.73 Å². The predicted octanol–water partition coefficient (Wildman–Crippen LogP) is 0.318. The summed E-state index contributed by atoms with van der Waals surface area (Å²) in [5.41, 5.74) is 6.59. The summed E-state index contributed by atoms with van der Waals surface area (Å²) in [6.07, 6.45) is 0. The van der Waals surface area contributed by atoms with Gasteiger partial charge in [0.25, 0.3) is 0 Å². The van der Waals surface area contributed by atoms with Crippen LogP contribution in [0, 0.1) is 0 Å². The summed E-state index contributed by atoms with van der Waals surface area (Å²) in [5, 5.41) is 11.7. The third kappa shape index (κ3) is 2.55. The highest BCUT2D eigenvalue weighted by atomic mass is 32.2. The van der Waals surface area contributed by atoms with Crippen molar-refractivity contribution in [2.24, 2.45) is 5.73 Å². The lowest BCUT2D eigenvalue weighted by atomic mass is 9.95. The molecule has 2 heterocycles. The van der Waals surface area contributed by atoms with Crippen LogP contribution in [0.15, 0.2) is 30.3 Å². The molecule has 0 saturated carbocycles. The zero-order valence-electron chi connectivity index (χ0n) is 13.3. The lowest BCUT2D eigenvalue weighted by molar-refractivity contribution is -0.161. The Bertz CT molecular complexity index is 694. The maximum absolute atomic E-state index is 12.3. The number of benzene rings is 1. The van der Waals surface area contributed by atoms with Crippen molar-refractivity contribution in [3.8, 4) is 0 Å². The van der Waals surface area contributed by atoms with Crippen LogP contribution in [0.2, 0.25) is 0 Å². The van der Waals surface area contributed by atoms with Gasteiger partial charge in [-0.25, -0.2) is 4.79 Å². The molecular formula is C16H19N3O4S. The summed E-state index contributed by atoms with van der Waals surface area (Å²) < 4.78 is -0.618. The number of carbonyl (C=O) groups excluding carboxylic acids is 2. The topological polar surface area (TPSA) is 113 Å². The van der Waals surface area contributed by atoms with Gasteiger partial charge in [-0.1, -0.05) is 30.3 Å². The third-order valence-corrected chi connectivity index (χ3v) is 5.99. The Labute approximate surface area is 143 Å². The van der Waals surface area contributed by atoms with Crippen LogP contribution in [-0.2, 0) is 14.4 Å². The molecule has 2 aliphatic rings. The molecule has 1 aromatic carbocycles. The lowest BCUT2D eigenvalue weighted by Gasteiger charge is -2.43. The van der Waals surface area contributed by atoms with Crippen molar-refractivity contribution < 1.29 is 19.5 Å². The van der Waals surface area contributed by atoms with E-state index in [-0.39, 0.29) is 11.3 Å². The van der Waals surface area contributed by atoms with Crippen molar-refractivity contribution in [1.29, 1.82) is 0 Å². The number of β-lactam (4-membered cyclic amide) rings is 1. The Kier molecular flexibility index (Phi) is 4.05. The number of hydrogen-bond acceptors (Lipinski definition) is 5. The summed E-state index contributed by atoms with van der Waals surface area (Å²) in [6, 6.07) is 6.38. The van der Waals surface area contributed by atoms with Gasteiger partial charge in [-0.05, 0) is 19.4 Å². The molecule has 0 aromatic heterocycles. The highest BCUT2D eigenvalue weighted by molar-refractivity contribution is 8.01. The molecule has 2 fully saturated rings. The maximum atomic E-state index is 12.3. The third-order valence-electron chi connectivity index (χ3n) is 4.41. The van der Waals surface area contributed by atoms with Crippen molar-refractivity contribution in [3.05, 3.63) is 35.9 Å². The number of aliphatic carboxylic acids is 1. The number of amides is 2. The number of thioether (sulfide) groups is 1. The fourth-order valence-corrected chi connectivity index (χ4v) is 4.83. The minimum Gasteiger partial charge on any atom is -0.480 e. The zero-order valence-corrected chi connectivity index (χ0v) is 14.1. The first-order valence-corrected chi connectivity index (χ1v) is 8.45. The molecule has 8 heteroatoms. The van der Waals surface area contributed by atoms with Gasteiger partial charge < -0.3 is 21.1 Å². The highest BCUT2D eigenvalue weighted by Gasteiger charge is 2.64. The number of hydrogen-bond donors (Lipinski definition) is 3. The first kappa shape index (κ1) is 16.8. The molecular weight excluding hydrogens is 330 g/mol. The molecule has 0 bridgehead atoms. The summed E-state index contributed by atoms with van der Waals surface area (Å²) in [4.78, 5) is 37.5. The van der Waals surface area contributed by atoms with Crippen LogP contribution < -0.4 is 11.1 Å². The maximum Gasteiger partial charge on any atom is 0.327 e. The molecule has 128 valence electrons. The van der Waals surface area contributed by atoms with Gasteiger partial charge in [0.1, 0.15) is 23.5 Å². The number of nitrogens with one attached hydrogen (secondary N) is 1. The molecule has 3 rings (SSSR count). The Morgan fingerprint density at radius 3 is 2.54 bits per heavy atom. The number of fused-ring (bicyclic) bond motifs is 1. The van der Waals surface area contributed by atoms with Gasteiger partial charge in [-0.15, -0.1) is 11.8 Å². The van der Waals surface area contributed by atoms with Crippen LogP contribution in [0.1, 0.15) is 25.5 Å². The van der Waals surface area contributed by atoms with Gasteiger partial charge in [0, 0.05) is 4.75 Å². The molecule has 2 amide bonds. The Hall–Kier alpha value is -2.06. The van der Waals surface area contributed by atoms with Crippen molar-refractivity contribution in [1.82, 2.24) is 10.2 Å². The summed E-state index contributed by atoms with van der Waals surface area (Å²) in [7, 11) is 0. The van der Waals surface area contributed by atoms with Gasteiger partial charge in [-0.3, -0.25) is 9.59 Å². The van der Waals surface area contributed by atoms with E-state index in [0.29, 0.717) is 5.56 Å². The van der Waals surface area contributed by atoms with Crippen molar-refractivity contribution >= 4 is 29.5 Å². The number of nitrogens with two attached hydrogens (primary N) is 1. The van der Waals surface area contributed by atoms with Crippen LogP contribution in [0.25, 0.3) is 0 Å². The fraction of sp³-hybridized carbons (Fsp3) is 0.438. The van der Waals surface area contributed by atoms with Gasteiger partial charge in [0.2, 0.25) is 11.8 Å². The second-order valence-corrected chi connectivity index (χ2v) is 8.24. The van der Waals surface area contributed by atoms with Crippen LogP contribution in [0.4, 0.5) is 0 Å². The Morgan fingerprint density at radius 2 is 1.96 bits per heavy atom. The molecule has 1 aromatic rings. The monoisotopic (exact) mass is 349 g/mol. The first-order chi connectivity index (χ1) is 11.2. The van der Waals surface area contributed by atoms with E-state index in [1.807, 2.05) is 6.07 Å². The normalized spacial score (nSPS) is 28.7. The van der Waals surface area contributed by atoms with E-state index in [1.165, 1.54) is 16.7 Å². The van der Waals surface area contributed by atoms with Crippen LogP contribution in [0.5, 0.6) is 0 Å². The van der Waals surface area contributed by atoms with Gasteiger partial charge in [0.15, 0.2) is 0 Å². The lowest BCUT2D eigenvalue weighted by Crippen LogP contribution is -2.71. The second kappa shape index (κ2) is 5.78.